The van der Waals surface area contributed by atoms with E-state index in [9.17, 15) is 0 Å². The number of unbranched alkanes of at least 4 members (excludes halogenated alkanes) is 17. The second-order valence-electron chi connectivity index (χ2n) is 14.8. The van der Waals surface area contributed by atoms with Crippen molar-refractivity contribution in [2.45, 2.75) is 200 Å². The third-order valence-corrected chi connectivity index (χ3v) is 14.2. The molecule has 3 nitrogen and oxygen atoms in total. The van der Waals surface area contributed by atoms with Crippen molar-refractivity contribution in [2.75, 3.05) is 13.7 Å². The van der Waals surface area contributed by atoms with Gasteiger partial charge in [-0.25, -0.2) is 0 Å². The normalized spacial score (nSPS) is 12.6. The minimum atomic E-state index is -1.70. The van der Waals surface area contributed by atoms with Gasteiger partial charge < -0.3 is 13.9 Å². The molecule has 0 bridgehead atoms. The standard InChI is InChI=1S/C41H74O3Si/c1-8-9-10-11-21-24-27-30-40(44-45(6,7)41(2,3)4)31-28-25-22-19-17-15-13-12-14-16-18-20-23-26-29-36-43-37-38-32-34-39(42-5)35-33-38/h32-35,40H,8-13,15,17-31,36-37H2,1-7H3. The molecule has 1 rings (SSSR count). The van der Waals surface area contributed by atoms with Crippen molar-refractivity contribution >= 4 is 8.32 Å². The molecule has 1 aromatic rings. The molecule has 0 aliphatic carbocycles. The number of rotatable bonds is 28. The molecule has 0 aliphatic rings. The van der Waals surface area contributed by atoms with E-state index in [1.807, 2.05) is 12.1 Å². The van der Waals surface area contributed by atoms with Crippen LogP contribution in [0.3, 0.4) is 0 Å². The van der Waals surface area contributed by atoms with E-state index in [1.54, 1.807) is 7.11 Å². The fourth-order valence-electron chi connectivity index (χ4n) is 5.51. The van der Waals surface area contributed by atoms with Gasteiger partial charge in [0, 0.05) is 25.6 Å². The Labute approximate surface area is 282 Å². The molecule has 0 spiro atoms. The van der Waals surface area contributed by atoms with Crippen molar-refractivity contribution in [1.82, 2.24) is 0 Å². The molecule has 45 heavy (non-hydrogen) atoms. The summed E-state index contributed by atoms with van der Waals surface area (Å²) in [4.78, 5) is 0. The Morgan fingerprint density at radius 2 is 1.11 bits per heavy atom. The average Bonchev–Trinajstić information content (AvgIpc) is 3.01. The predicted octanol–water partition coefficient (Wildman–Crippen LogP) is 13.2. The lowest BCUT2D eigenvalue weighted by atomic mass is 10.0. The molecule has 0 N–H and O–H groups in total. The van der Waals surface area contributed by atoms with Gasteiger partial charge in [0.25, 0.3) is 0 Å². The molecule has 0 fully saturated rings. The fourth-order valence-corrected chi connectivity index (χ4v) is 6.94. The predicted molar refractivity (Wildman–Crippen MR) is 200 cm³/mol. The van der Waals surface area contributed by atoms with Crippen molar-refractivity contribution in [2.24, 2.45) is 0 Å². The van der Waals surface area contributed by atoms with Gasteiger partial charge in [-0.1, -0.05) is 136 Å². The summed E-state index contributed by atoms with van der Waals surface area (Å²) in [5, 5.41) is 0.297. The molecule has 0 aromatic heterocycles. The molecule has 0 amide bonds. The van der Waals surface area contributed by atoms with Gasteiger partial charge in [0.15, 0.2) is 8.32 Å². The van der Waals surface area contributed by atoms with Crippen LogP contribution in [0.15, 0.2) is 24.3 Å². The van der Waals surface area contributed by atoms with Crippen LogP contribution in [-0.4, -0.2) is 28.1 Å². The van der Waals surface area contributed by atoms with E-state index in [-0.39, 0.29) is 0 Å². The van der Waals surface area contributed by atoms with E-state index >= 15 is 0 Å². The first-order valence-electron chi connectivity index (χ1n) is 19.0. The molecule has 0 heterocycles. The third kappa shape index (κ3) is 22.8. The van der Waals surface area contributed by atoms with Crippen molar-refractivity contribution in [3.8, 4) is 17.6 Å². The lowest BCUT2D eigenvalue weighted by Gasteiger charge is -2.39. The monoisotopic (exact) mass is 643 g/mol. The summed E-state index contributed by atoms with van der Waals surface area (Å²) in [7, 11) is -0.00365. The smallest absolute Gasteiger partial charge is 0.192 e. The van der Waals surface area contributed by atoms with Crippen LogP contribution in [0.2, 0.25) is 18.1 Å². The molecule has 0 saturated carbocycles. The summed E-state index contributed by atoms with van der Waals surface area (Å²) in [6, 6.07) is 8.11. The van der Waals surface area contributed by atoms with Gasteiger partial charge in [-0.05, 0) is 67.9 Å². The van der Waals surface area contributed by atoms with Crippen LogP contribution in [0.4, 0.5) is 0 Å². The van der Waals surface area contributed by atoms with Crippen molar-refractivity contribution in [1.29, 1.82) is 0 Å². The molecular weight excluding hydrogens is 569 g/mol. The maximum Gasteiger partial charge on any atom is 0.192 e. The van der Waals surface area contributed by atoms with Gasteiger partial charge in [-0.3, -0.25) is 0 Å². The summed E-state index contributed by atoms with van der Waals surface area (Å²) in [6.07, 6.45) is 29.1. The van der Waals surface area contributed by atoms with Gasteiger partial charge in [0.05, 0.1) is 13.7 Å². The second-order valence-corrected chi connectivity index (χ2v) is 19.6. The summed E-state index contributed by atoms with van der Waals surface area (Å²) >= 11 is 0. The topological polar surface area (TPSA) is 27.7 Å². The van der Waals surface area contributed by atoms with E-state index in [1.165, 1.54) is 128 Å². The van der Waals surface area contributed by atoms with E-state index in [2.05, 4.69) is 64.8 Å². The lowest BCUT2D eigenvalue weighted by Crippen LogP contribution is -2.44. The number of methoxy groups -OCH3 is 1. The third-order valence-electron chi connectivity index (χ3n) is 9.62. The fraction of sp³-hybridized carbons (Fsp3) is 0.805. The van der Waals surface area contributed by atoms with Crippen LogP contribution in [-0.2, 0) is 15.8 Å². The molecule has 1 unspecified atom stereocenters. The van der Waals surface area contributed by atoms with Crippen LogP contribution in [0.1, 0.15) is 175 Å². The summed E-state index contributed by atoms with van der Waals surface area (Å²) in [5.74, 6) is 7.71. The minimum Gasteiger partial charge on any atom is -0.497 e. The Hall–Kier alpha value is -1.28. The van der Waals surface area contributed by atoms with Crippen LogP contribution < -0.4 is 4.74 Å². The maximum atomic E-state index is 6.92. The quantitative estimate of drug-likeness (QED) is 0.0517. The average molecular weight is 643 g/mol. The summed E-state index contributed by atoms with van der Waals surface area (Å²) in [5.41, 5.74) is 1.20. The Kier molecular flexibility index (Phi) is 24.8. The highest BCUT2D eigenvalue weighted by Crippen LogP contribution is 2.38. The molecule has 4 heteroatoms. The summed E-state index contributed by atoms with van der Waals surface area (Å²) < 4.78 is 17.9. The Bertz CT molecular complexity index is 861. The van der Waals surface area contributed by atoms with Crippen molar-refractivity contribution < 1.29 is 13.9 Å². The van der Waals surface area contributed by atoms with Crippen molar-refractivity contribution in [3.63, 3.8) is 0 Å². The lowest BCUT2D eigenvalue weighted by molar-refractivity contribution is 0.116. The van der Waals surface area contributed by atoms with Gasteiger partial charge >= 0.3 is 0 Å². The molecule has 0 radical (unpaired) electrons. The molecule has 260 valence electrons. The number of hydrogen-bond acceptors (Lipinski definition) is 3. The SMILES string of the molecule is CCCCCCCCCC(CCCCCCCCCC#CCCCCCCOCc1ccc(OC)cc1)O[Si](C)(C)C(C)(C)C. The Morgan fingerprint density at radius 3 is 1.60 bits per heavy atom. The highest BCUT2D eigenvalue weighted by molar-refractivity contribution is 6.74. The van der Waals surface area contributed by atoms with Gasteiger partial charge in [0.1, 0.15) is 5.75 Å². The highest BCUT2D eigenvalue weighted by atomic mass is 28.4. The Balaban J connectivity index is 2.01. The molecule has 1 aromatic carbocycles. The first-order chi connectivity index (χ1) is 21.7. The van der Waals surface area contributed by atoms with Gasteiger partial charge in [-0.2, -0.15) is 0 Å². The second kappa shape index (κ2) is 26.8. The van der Waals surface area contributed by atoms with Gasteiger partial charge in [-0.15, -0.1) is 11.8 Å². The highest BCUT2D eigenvalue weighted by Gasteiger charge is 2.38. The maximum absolute atomic E-state index is 6.92. The largest absolute Gasteiger partial charge is 0.497 e. The zero-order valence-electron chi connectivity index (χ0n) is 31.1. The van der Waals surface area contributed by atoms with E-state index in [4.69, 9.17) is 13.9 Å². The van der Waals surface area contributed by atoms with Crippen molar-refractivity contribution in [3.05, 3.63) is 29.8 Å². The number of benzene rings is 1. The van der Waals surface area contributed by atoms with Crippen LogP contribution in [0, 0.1) is 11.8 Å². The van der Waals surface area contributed by atoms with Crippen LogP contribution in [0.5, 0.6) is 5.75 Å². The van der Waals surface area contributed by atoms with Crippen LogP contribution in [0.25, 0.3) is 0 Å². The molecule has 0 aliphatic heterocycles. The first kappa shape index (κ1) is 41.7. The molecular formula is C41H74O3Si. The molecule has 0 saturated heterocycles. The number of hydrogen-bond donors (Lipinski definition) is 0. The zero-order valence-corrected chi connectivity index (χ0v) is 32.1. The number of ether oxygens (including phenoxy) is 2. The van der Waals surface area contributed by atoms with Gasteiger partial charge in [0.2, 0.25) is 0 Å². The van der Waals surface area contributed by atoms with E-state index in [0.717, 1.165) is 31.6 Å². The van der Waals surface area contributed by atoms with Crippen LogP contribution >= 0.6 is 0 Å². The Morgan fingerprint density at radius 1 is 0.644 bits per heavy atom. The van der Waals surface area contributed by atoms with E-state index < -0.39 is 8.32 Å². The summed E-state index contributed by atoms with van der Waals surface area (Å²) in [6.45, 7) is 15.8. The first-order valence-corrected chi connectivity index (χ1v) is 21.9. The minimum absolute atomic E-state index is 0.297. The molecule has 1 atom stereocenters. The van der Waals surface area contributed by atoms with E-state index in [0.29, 0.717) is 17.7 Å². The zero-order chi connectivity index (χ0) is 33.1.